The van der Waals surface area contributed by atoms with Crippen LogP contribution in [0.1, 0.15) is 95.5 Å². The minimum absolute atomic E-state index is 0.405. The molecule has 0 heterocycles. The average Bonchev–Trinajstić information content (AvgIpc) is 2.76. The summed E-state index contributed by atoms with van der Waals surface area (Å²) < 4.78 is 28.2. The van der Waals surface area contributed by atoms with Gasteiger partial charge in [-0.2, -0.15) is 0 Å². The lowest BCUT2D eigenvalue weighted by atomic mass is 9.63. The molecule has 4 rings (SSSR count). The minimum atomic E-state index is -0.671. The first-order valence-electron chi connectivity index (χ1n) is 12.1. The molecule has 2 fully saturated rings. The van der Waals surface area contributed by atoms with Crippen LogP contribution in [0.25, 0.3) is 10.8 Å². The maximum atomic E-state index is 14.3. The van der Waals surface area contributed by atoms with Crippen molar-refractivity contribution in [3.8, 4) is 0 Å². The lowest BCUT2D eigenvalue weighted by Gasteiger charge is -2.42. The summed E-state index contributed by atoms with van der Waals surface area (Å²) in [7, 11) is 0. The van der Waals surface area contributed by atoms with E-state index in [2.05, 4.69) is 6.92 Å². The van der Waals surface area contributed by atoms with Gasteiger partial charge in [-0.3, -0.25) is 0 Å². The van der Waals surface area contributed by atoms with Crippen LogP contribution in [-0.4, -0.2) is 0 Å². The number of unbranched alkanes of at least 4 members (excludes halogenated alkanes) is 4. The highest BCUT2D eigenvalue weighted by Gasteiger charge is 2.35. The number of benzene rings is 2. The summed E-state index contributed by atoms with van der Waals surface area (Å²) in [6.07, 6.45) is 16.3. The van der Waals surface area contributed by atoms with Crippen molar-refractivity contribution in [1.82, 2.24) is 0 Å². The van der Waals surface area contributed by atoms with Gasteiger partial charge in [0.15, 0.2) is 5.82 Å². The highest BCUT2D eigenvalue weighted by molar-refractivity contribution is 6.31. The minimum Gasteiger partial charge on any atom is -0.205 e. The molecule has 2 aromatic carbocycles. The monoisotopic (exact) mass is 432 g/mol. The Bertz CT molecular complexity index is 862. The normalized spacial score (nSPS) is 26.7. The van der Waals surface area contributed by atoms with Gasteiger partial charge in [0.1, 0.15) is 10.8 Å². The quantitative estimate of drug-likeness (QED) is 0.302. The molecule has 0 amide bonds. The Kier molecular flexibility index (Phi) is 7.34. The van der Waals surface area contributed by atoms with Crippen molar-refractivity contribution < 1.29 is 8.78 Å². The average molecular weight is 433 g/mol. The first-order valence-corrected chi connectivity index (χ1v) is 12.5. The molecule has 0 aliphatic heterocycles. The molecule has 0 aromatic heterocycles. The molecule has 0 spiro atoms. The number of fused-ring (bicyclic) bond motifs is 2. The molecule has 2 saturated carbocycles. The third-order valence-corrected chi connectivity index (χ3v) is 8.25. The van der Waals surface area contributed by atoms with Gasteiger partial charge in [0.05, 0.1) is 0 Å². The highest BCUT2D eigenvalue weighted by Crippen LogP contribution is 2.48. The van der Waals surface area contributed by atoms with Gasteiger partial charge in [-0.15, -0.1) is 0 Å². The van der Waals surface area contributed by atoms with Crippen LogP contribution in [-0.2, 0) is 0 Å². The van der Waals surface area contributed by atoms with Gasteiger partial charge in [0, 0.05) is 5.39 Å². The molecule has 4 atom stereocenters. The van der Waals surface area contributed by atoms with E-state index in [1.807, 2.05) is 12.1 Å². The second kappa shape index (κ2) is 9.98. The second-order valence-electron chi connectivity index (χ2n) is 9.88. The highest BCUT2D eigenvalue weighted by atomic mass is 35.5. The van der Waals surface area contributed by atoms with E-state index in [-0.39, 0.29) is 0 Å². The van der Waals surface area contributed by atoms with Crippen LogP contribution < -0.4 is 0 Å². The summed E-state index contributed by atoms with van der Waals surface area (Å²) in [6.45, 7) is 2.28. The van der Waals surface area contributed by atoms with Crippen LogP contribution in [0.15, 0.2) is 24.3 Å². The van der Waals surface area contributed by atoms with Crippen molar-refractivity contribution in [3.63, 3.8) is 0 Å². The fourth-order valence-electron chi connectivity index (χ4n) is 6.17. The molecular formula is C27H35ClF2. The van der Waals surface area contributed by atoms with E-state index in [1.165, 1.54) is 88.7 Å². The van der Waals surface area contributed by atoms with Gasteiger partial charge in [0.25, 0.3) is 0 Å². The molecule has 0 nitrogen and oxygen atoms in total. The summed E-state index contributed by atoms with van der Waals surface area (Å²) in [5.74, 6) is 1.87. The van der Waals surface area contributed by atoms with Crippen molar-refractivity contribution in [1.29, 1.82) is 0 Å². The number of hydrogen-bond donors (Lipinski definition) is 0. The molecule has 2 aliphatic rings. The molecule has 2 unspecified atom stereocenters. The van der Waals surface area contributed by atoms with Crippen LogP contribution >= 0.6 is 11.6 Å². The van der Waals surface area contributed by atoms with Crippen molar-refractivity contribution in [2.75, 3.05) is 0 Å². The molecular weight excluding hydrogens is 398 g/mol. The fourth-order valence-corrected chi connectivity index (χ4v) is 6.32. The number of hydrogen-bond acceptors (Lipinski definition) is 0. The second-order valence-corrected chi connectivity index (χ2v) is 10.3. The molecule has 164 valence electrons. The third kappa shape index (κ3) is 4.85. The SMILES string of the molecule is CCCCCCC[C@@H]1CC[C@@H]2CC(c3ccc4c(F)c(Cl)c(F)cc4c3)CCC2C1. The zero-order valence-electron chi connectivity index (χ0n) is 18.2. The molecule has 2 aromatic rings. The zero-order valence-corrected chi connectivity index (χ0v) is 19.0. The molecule has 30 heavy (non-hydrogen) atoms. The summed E-state index contributed by atoms with van der Waals surface area (Å²) in [5.41, 5.74) is 1.24. The first kappa shape index (κ1) is 22.1. The van der Waals surface area contributed by atoms with Gasteiger partial charge < -0.3 is 0 Å². The fraction of sp³-hybridized carbons (Fsp3) is 0.630. The Morgan fingerprint density at radius 3 is 2.50 bits per heavy atom. The number of halogens is 3. The Balaban J connectivity index is 1.36. The molecule has 0 bridgehead atoms. The van der Waals surface area contributed by atoms with Crippen LogP contribution in [0, 0.1) is 29.4 Å². The van der Waals surface area contributed by atoms with E-state index in [4.69, 9.17) is 11.6 Å². The van der Waals surface area contributed by atoms with Gasteiger partial charge >= 0.3 is 0 Å². The Hall–Kier alpha value is -1.15. The van der Waals surface area contributed by atoms with Gasteiger partial charge in [0.2, 0.25) is 0 Å². The smallest absolute Gasteiger partial charge is 0.152 e. The topological polar surface area (TPSA) is 0 Å². The third-order valence-electron chi connectivity index (χ3n) is 7.91. The largest absolute Gasteiger partial charge is 0.205 e. The van der Waals surface area contributed by atoms with Gasteiger partial charge in [-0.1, -0.05) is 81.7 Å². The first-order chi connectivity index (χ1) is 14.6. The molecule has 3 heteroatoms. The van der Waals surface area contributed by atoms with Gasteiger partial charge in [-0.25, -0.2) is 8.78 Å². The van der Waals surface area contributed by atoms with Crippen LogP contribution in [0.5, 0.6) is 0 Å². The maximum absolute atomic E-state index is 14.3. The van der Waals surface area contributed by atoms with Crippen molar-refractivity contribution >= 4 is 22.4 Å². The maximum Gasteiger partial charge on any atom is 0.152 e. The van der Waals surface area contributed by atoms with E-state index >= 15 is 0 Å². The lowest BCUT2D eigenvalue weighted by molar-refractivity contribution is 0.113. The molecule has 0 radical (unpaired) electrons. The summed E-state index contributed by atoms with van der Waals surface area (Å²) >= 11 is 5.74. The number of rotatable bonds is 7. The van der Waals surface area contributed by atoms with Crippen molar-refractivity contribution in [3.05, 3.63) is 46.5 Å². The summed E-state index contributed by atoms with van der Waals surface area (Å²) in [5, 5.41) is 0.636. The summed E-state index contributed by atoms with van der Waals surface area (Å²) in [6, 6.07) is 7.19. The van der Waals surface area contributed by atoms with E-state index in [9.17, 15) is 8.78 Å². The van der Waals surface area contributed by atoms with E-state index < -0.39 is 16.7 Å². The zero-order chi connectivity index (χ0) is 21.1. The Labute approximate surface area is 185 Å². The summed E-state index contributed by atoms with van der Waals surface area (Å²) in [4.78, 5) is 0. The van der Waals surface area contributed by atoms with Crippen LogP contribution in [0.2, 0.25) is 5.02 Å². The Morgan fingerprint density at radius 2 is 1.67 bits per heavy atom. The Morgan fingerprint density at radius 1 is 0.900 bits per heavy atom. The lowest BCUT2D eigenvalue weighted by Crippen LogP contribution is -2.30. The standard InChI is InChI=1S/C27H35ClF2/c1-2-3-4-5-6-7-18-8-9-20-15-21(11-10-19(20)14-18)22-12-13-24-23(16-22)17-25(29)26(28)27(24)30/h12-13,16-21H,2-11,14-15H2,1H3/t18-,19?,20-,21?/m1/s1. The molecule has 0 N–H and O–H groups in total. The predicted octanol–water partition coefficient (Wildman–Crippen LogP) is 9.43. The molecule has 0 saturated heterocycles. The van der Waals surface area contributed by atoms with Crippen molar-refractivity contribution in [2.24, 2.45) is 17.8 Å². The van der Waals surface area contributed by atoms with E-state index in [0.29, 0.717) is 16.7 Å². The van der Waals surface area contributed by atoms with Crippen molar-refractivity contribution in [2.45, 2.75) is 89.9 Å². The predicted molar refractivity (Wildman–Crippen MR) is 123 cm³/mol. The van der Waals surface area contributed by atoms with Gasteiger partial charge in [-0.05, 0) is 72.8 Å². The van der Waals surface area contributed by atoms with Crippen LogP contribution in [0.4, 0.5) is 8.78 Å². The van der Waals surface area contributed by atoms with E-state index in [0.717, 1.165) is 17.8 Å². The van der Waals surface area contributed by atoms with Crippen LogP contribution in [0.3, 0.4) is 0 Å². The van der Waals surface area contributed by atoms with E-state index in [1.54, 1.807) is 6.07 Å². The molecule has 2 aliphatic carbocycles.